The number of carbonyl (C=O) groups is 18. The molecule has 11 aliphatic rings. The summed E-state index contributed by atoms with van der Waals surface area (Å²) in [4.78, 5) is 186. The Morgan fingerprint density at radius 2 is 0.730 bits per heavy atom. The summed E-state index contributed by atoms with van der Waals surface area (Å²) in [5.74, 6) is -4.89. The minimum atomic E-state index is -0.773. The van der Waals surface area contributed by atoms with Gasteiger partial charge in [0.15, 0.2) is 0 Å². The second-order valence-electron chi connectivity index (χ2n) is 16.1. The summed E-state index contributed by atoms with van der Waals surface area (Å²) in [5, 5.41) is 37.7. The molecule has 12 rings (SSSR count). The molecule has 31 nitrogen and oxygen atoms in total. The summed E-state index contributed by atoms with van der Waals surface area (Å²) >= 11 is 0. The Labute approximate surface area is 811 Å². The van der Waals surface area contributed by atoms with Gasteiger partial charge >= 0.3 is 0 Å². The number of ether oxygens (including phenoxy) is 1. The predicted octanol–water partition coefficient (Wildman–Crippen LogP) is 6.10. The predicted molar refractivity (Wildman–Crippen MR) is 256 cm³/mol. The number of rotatable bonds is 0. The maximum absolute atomic E-state index is 11.0. The number of carbonyl (C=O) groups excluding carboxylic acids is 18. The molecular formula is C46H40N12O19Y12-12. The van der Waals surface area contributed by atoms with E-state index in [2.05, 4.69) is 68.5 Å². The summed E-state index contributed by atoms with van der Waals surface area (Å²) in [7, 11) is 0. The molecule has 1 aromatic carbocycles. The Morgan fingerprint density at radius 3 is 0.978 bits per heavy atom. The molecule has 1 aromatic rings. The van der Waals surface area contributed by atoms with Crippen molar-refractivity contribution in [2.75, 3.05) is 19.8 Å². The maximum atomic E-state index is 11.0. The van der Waals surface area contributed by atoms with Crippen LogP contribution in [0.4, 0.5) is 19.2 Å². The minimum Gasteiger partial charge on any atom is -0.684 e. The molecule has 4 atom stereocenters. The molecule has 1 saturated carbocycles. The van der Waals surface area contributed by atoms with E-state index in [4.69, 9.17) is 0 Å². The van der Waals surface area contributed by atoms with Crippen molar-refractivity contribution >= 4 is 107 Å². The molecule has 43 heteroatoms. The van der Waals surface area contributed by atoms with Crippen molar-refractivity contribution in [1.82, 2.24) is 0 Å². The van der Waals surface area contributed by atoms with E-state index in [0.29, 0.717) is 56.1 Å². The Bertz CT molecular complexity index is 2470. The molecule has 2 aliphatic carbocycles. The second-order valence-corrected chi connectivity index (χ2v) is 16.1. The van der Waals surface area contributed by atoms with Gasteiger partial charge in [-0.2, -0.15) is 0 Å². The quantitative estimate of drug-likeness (QED) is 0.161. The Morgan fingerprint density at radius 1 is 0.348 bits per heavy atom. The number of hydrogen-bond donors (Lipinski definition) is 0. The van der Waals surface area contributed by atoms with Crippen LogP contribution in [0.5, 0.6) is 0 Å². The second kappa shape index (κ2) is 61.3. The summed E-state index contributed by atoms with van der Waals surface area (Å²) in [6.45, 7) is -0.307. The molecule has 0 N–H and O–H groups in total. The van der Waals surface area contributed by atoms with Crippen molar-refractivity contribution in [3.05, 3.63) is 123 Å². The number of benzene rings is 1. The third kappa shape index (κ3) is 44.3. The van der Waals surface area contributed by atoms with Gasteiger partial charge in [0.25, 0.3) is 0 Å². The molecule has 0 spiro atoms. The molecule has 89 heavy (non-hydrogen) atoms. The number of allylic oxidation sites excluding steroid dienone is 2. The van der Waals surface area contributed by atoms with Crippen molar-refractivity contribution in [1.29, 1.82) is 0 Å². The largest absolute Gasteiger partial charge is 0.684 e. The fourth-order valence-electron chi connectivity index (χ4n) is 7.04. The molecule has 8 fully saturated rings. The van der Waals surface area contributed by atoms with Crippen LogP contribution in [0.1, 0.15) is 91.3 Å². The summed E-state index contributed by atoms with van der Waals surface area (Å²) in [6, 6.07) is 4.52. The van der Waals surface area contributed by atoms with Gasteiger partial charge in [0.1, 0.15) is 6.61 Å². The van der Waals surface area contributed by atoms with Crippen LogP contribution in [0.15, 0.2) is 48.6 Å². The average Bonchev–Trinajstić information content (AvgIpc) is 4.29. The zero-order valence-corrected chi connectivity index (χ0v) is 80.9. The van der Waals surface area contributed by atoms with Crippen molar-refractivity contribution < 1.29 is 484 Å². The van der Waals surface area contributed by atoms with Crippen LogP contribution in [0.2, 0.25) is 0 Å². The number of amides is 21. The van der Waals surface area contributed by atoms with Crippen LogP contribution in [-0.2, 0) is 455 Å². The van der Waals surface area contributed by atoms with Crippen LogP contribution in [0.3, 0.4) is 0 Å². The molecule has 9 heterocycles. The van der Waals surface area contributed by atoms with Gasteiger partial charge < -0.3 is 150 Å². The van der Waals surface area contributed by atoms with E-state index in [0.717, 1.165) is 37.8 Å². The van der Waals surface area contributed by atoms with Crippen molar-refractivity contribution in [2.24, 2.45) is 23.7 Å². The number of fused-ring (bicyclic) bond motifs is 3. The first-order chi connectivity index (χ1) is 36.6. The number of cyclic esters (lactones) is 1. The van der Waals surface area contributed by atoms with E-state index in [1.165, 1.54) is 0 Å². The third-order valence-corrected chi connectivity index (χ3v) is 10.6. The van der Waals surface area contributed by atoms with Crippen LogP contribution in [0.25, 0.3) is 63.8 Å². The van der Waals surface area contributed by atoms with Gasteiger partial charge in [-0.1, -0.05) is 55.8 Å². The van der Waals surface area contributed by atoms with Crippen LogP contribution >= 0.6 is 0 Å². The summed E-state index contributed by atoms with van der Waals surface area (Å²) in [6.07, 6.45) is 12.9. The Balaban J connectivity index is -0.000000114. The normalized spacial score (nSPS) is 20.1. The topological polar surface area (TPSA) is 486 Å². The number of piperidine rings is 1. The van der Waals surface area contributed by atoms with E-state index < -0.39 is 59.6 Å². The van der Waals surface area contributed by atoms with Crippen LogP contribution in [-0.4, -0.2) is 127 Å². The zero-order chi connectivity index (χ0) is 56.6. The first kappa shape index (κ1) is 111. The SMILES string of the molecule is O=C1C=CC(=O)[N-]1.O=C1CCC(=O)[N-]1.O=C1CCCC(=O)[N-]1.O=C1COC(=O)[N-]1.O=C1C[N-]C(=O)[N-]1.O=C1[N-]C(=O)C2CC=CCC12.O=C1[N-]C(=O)C2CCCCC12.O=C1[N-]C(=O)c2ccccc21.O=C1[N-]C[N-]C(=O)[N-]1.[Y].[Y].[Y].[Y].[Y].[Y].[Y].[Y].[Y].[Y].[Y].[Y]. The molecule has 7 saturated heterocycles. The van der Waals surface area contributed by atoms with Gasteiger partial charge in [-0.15, -0.1) is 0 Å². The molecule has 0 bridgehead atoms. The monoisotopic (exact) mass is 2130 g/mol. The molecule has 446 valence electrons. The maximum Gasteiger partial charge on any atom is 0.235 e. The van der Waals surface area contributed by atoms with Crippen LogP contribution < -0.4 is 0 Å². The van der Waals surface area contributed by atoms with Crippen molar-refractivity contribution in [3.8, 4) is 0 Å². The van der Waals surface area contributed by atoms with Crippen molar-refractivity contribution in [2.45, 2.75) is 70.6 Å². The number of nitrogens with zero attached hydrogens (tertiary/aromatic N) is 12. The van der Waals surface area contributed by atoms with Gasteiger partial charge in [-0.3, -0.25) is 4.79 Å². The smallest absolute Gasteiger partial charge is 0.235 e. The minimum absolute atomic E-state index is 0. The standard InChI is InChI=1S/C8H11NO2.C8H9NO2.C8H5NO2.C5H7NO2.C4H5NO2.C4H3NO2.C3H4N3O2.C3H4N2O2.C3H3NO3.12Y/c3*10-7-5-3-1-2-4-6(5)8(11)9-7;7-4-2-1-3-5(8)6-4;2*6-3-1-2-4(7)5-3;7-2-4-1-5-3(8)6-2;6-2-1-4-3(7)5-2;5-2-1-7-3(6)4-2;;;;;;;;;;;;/h5-6H,1-4H2,(H,9,10,11);1-2,5-6H,3-4H2,(H,9,10,11);1-4H,(H,9,10,11);1-3H2,(H,6,7,8);1-2H2,(H,5,6,7);1-2H,(H,5,6,7);1H2,(H2-,4,5,6,7,8);1H2,(H2,4,5,6,7);1H2,(H,4,5,6);;;;;;;;;;;;/q;;;;;;-1;;;;;;;;;;;;;;/p-11. The van der Waals surface area contributed by atoms with Crippen LogP contribution in [0, 0.1) is 23.7 Å². The zero-order valence-electron chi connectivity index (χ0n) is 46.9. The fourth-order valence-corrected chi connectivity index (χ4v) is 7.04. The van der Waals surface area contributed by atoms with E-state index in [1.807, 2.05) is 12.2 Å². The molecule has 21 amide bonds. The Kier molecular flexibility index (Phi) is 76.4. The van der Waals surface area contributed by atoms with E-state index in [1.54, 1.807) is 24.3 Å². The molecule has 4 unspecified atom stereocenters. The molecule has 9 aliphatic heterocycles. The number of urea groups is 3. The first-order valence-corrected chi connectivity index (χ1v) is 22.8. The van der Waals surface area contributed by atoms with Gasteiger partial charge in [-0.05, 0) is 88.0 Å². The van der Waals surface area contributed by atoms with Gasteiger partial charge in [-0.25, -0.2) is 6.67 Å². The van der Waals surface area contributed by atoms with E-state index in [-0.39, 0.29) is 483 Å². The van der Waals surface area contributed by atoms with E-state index >= 15 is 0 Å². The van der Waals surface area contributed by atoms with E-state index in [9.17, 15) is 86.3 Å². The fraction of sp³-hybridized carbons (Fsp3) is 0.391. The Hall–Kier alpha value is 3.41. The summed E-state index contributed by atoms with van der Waals surface area (Å²) in [5.41, 5.74) is 0.829. The van der Waals surface area contributed by atoms with Gasteiger partial charge in [0.2, 0.25) is 6.09 Å². The number of hydrogen-bond acceptors (Lipinski definition) is 19. The molecular weight excluding hydrogens is 2090 g/mol. The molecule has 0 aromatic heterocycles. The molecule has 12 radical (unpaired) electrons. The first-order valence-electron chi connectivity index (χ1n) is 22.8. The third-order valence-electron chi connectivity index (χ3n) is 10.6. The van der Waals surface area contributed by atoms with Crippen molar-refractivity contribution in [3.63, 3.8) is 0 Å². The average molecular weight is 2130 g/mol. The number of imide groups is 9. The van der Waals surface area contributed by atoms with Gasteiger partial charge in [0.05, 0.1) is 76.8 Å². The van der Waals surface area contributed by atoms with Gasteiger partial charge in [0, 0.05) is 433 Å². The summed E-state index contributed by atoms with van der Waals surface area (Å²) < 4.78 is 4.11.